The highest BCUT2D eigenvalue weighted by Crippen LogP contribution is 2.00. The second-order valence-electron chi connectivity index (χ2n) is 4.32. The molecule has 0 aliphatic carbocycles. The number of rotatable bonds is 9. The molecule has 0 atom stereocenters. The minimum atomic E-state index is 0.904. The topological polar surface area (TPSA) is 3.24 Å². The SMILES string of the molecule is CCCCCCC.CCCN(CS)CCC. The van der Waals surface area contributed by atoms with Crippen molar-refractivity contribution < 1.29 is 0 Å². The van der Waals surface area contributed by atoms with Crippen molar-refractivity contribution in [2.24, 2.45) is 0 Å². The Bertz CT molecular complexity index is 96.9. The van der Waals surface area contributed by atoms with Crippen molar-refractivity contribution in [3.05, 3.63) is 0 Å². The van der Waals surface area contributed by atoms with Gasteiger partial charge in [-0.2, -0.15) is 12.6 Å². The van der Waals surface area contributed by atoms with Gasteiger partial charge in [0, 0.05) is 5.88 Å². The molecule has 0 spiro atoms. The van der Waals surface area contributed by atoms with Crippen molar-refractivity contribution in [3.8, 4) is 0 Å². The van der Waals surface area contributed by atoms with Gasteiger partial charge >= 0.3 is 0 Å². The molecule has 0 heterocycles. The average molecular weight is 247 g/mol. The molecular formula is C14H33NS. The van der Waals surface area contributed by atoms with E-state index in [0.29, 0.717) is 0 Å². The van der Waals surface area contributed by atoms with Gasteiger partial charge in [-0.05, 0) is 25.9 Å². The van der Waals surface area contributed by atoms with E-state index in [1.54, 1.807) is 0 Å². The van der Waals surface area contributed by atoms with Gasteiger partial charge in [0.2, 0.25) is 0 Å². The van der Waals surface area contributed by atoms with E-state index in [1.807, 2.05) is 0 Å². The van der Waals surface area contributed by atoms with E-state index < -0.39 is 0 Å². The highest BCUT2D eigenvalue weighted by atomic mass is 32.1. The molecule has 1 nitrogen and oxygen atoms in total. The third-order valence-electron chi connectivity index (χ3n) is 2.49. The molecule has 16 heavy (non-hydrogen) atoms. The van der Waals surface area contributed by atoms with Crippen LogP contribution in [0.15, 0.2) is 0 Å². The highest BCUT2D eigenvalue weighted by molar-refractivity contribution is 7.80. The lowest BCUT2D eigenvalue weighted by Gasteiger charge is -2.16. The molecule has 100 valence electrons. The van der Waals surface area contributed by atoms with Gasteiger partial charge in [-0.25, -0.2) is 0 Å². The third-order valence-corrected chi connectivity index (χ3v) is 2.89. The maximum absolute atomic E-state index is 4.21. The van der Waals surface area contributed by atoms with E-state index in [2.05, 4.69) is 45.2 Å². The smallest absolute Gasteiger partial charge is 0.0414 e. The molecule has 0 rings (SSSR count). The van der Waals surface area contributed by atoms with E-state index >= 15 is 0 Å². The van der Waals surface area contributed by atoms with Crippen molar-refractivity contribution in [1.29, 1.82) is 0 Å². The Hall–Kier alpha value is 0.310. The second kappa shape index (κ2) is 17.7. The molecular weight excluding hydrogens is 214 g/mol. The summed E-state index contributed by atoms with van der Waals surface area (Å²) < 4.78 is 0. The number of hydrogen-bond acceptors (Lipinski definition) is 2. The Labute approximate surface area is 109 Å². The lowest BCUT2D eigenvalue weighted by molar-refractivity contribution is 0.323. The Morgan fingerprint density at radius 3 is 1.38 bits per heavy atom. The molecule has 0 N–H and O–H groups in total. The van der Waals surface area contributed by atoms with Gasteiger partial charge in [-0.3, -0.25) is 4.90 Å². The maximum atomic E-state index is 4.21. The van der Waals surface area contributed by atoms with Crippen molar-refractivity contribution in [2.45, 2.75) is 72.6 Å². The number of nitrogens with zero attached hydrogens (tertiary/aromatic N) is 1. The first-order chi connectivity index (χ1) is 7.76. The van der Waals surface area contributed by atoms with Crippen LogP contribution in [0.2, 0.25) is 0 Å². The normalized spacial score (nSPS) is 10.1. The minimum absolute atomic E-state index is 0.904. The summed E-state index contributed by atoms with van der Waals surface area (Å²) >= 11 is 4.21. The van der Waals surface area contributed by atoms with E-state index in [4.69, 9.17) is 0 Å². The van der Waals surface area contributed by atoms with Gasteiger partial charge in [0.15, 0.2) is 0 Å². The van der Waals surface area contributed by atoms with Crippen LogP contribution in [-0.4, -0.2) is 23.9 Å². The van der Waals surface area contributed by atoms with Crippen LogP contribution in [-0.2, 0) is 0 Å². The van der Waals surface area contributed by atoms with E-state index in [0.717, 1.165) is 5.88 Å². The second-order valence-corrected chi connectivity index (χ2v) is 4.60. The zero-order valence-corrected chi connectivity index (χ0v) is 12.9. The fourth-order valence-electron chi connectivity index (χ4n) is 1.56. The average Bonchev–Trinajstić information content (AvgIpc) is 2.30. The molecule has 0 bridgehead atoms. The summed E-state index contributed by atoms with van der Waals surface area (Å²) in [6.07, 6.45) is 9.48. The fourth-order valence-corrected chi connectivity index (χ4v) is 1.85. The number of hydrogen-bond donors (Lipinski definition) is 1. The Kier molecular flexibility index (Phi) is 20.6. The Morgan fingerprint density at radius 1 is 0.688 bits per heavy atom. The Balaban J connectivity index is 0. The van der Waals surface area contributed by atoms with Crippen molar-refractivity contribution in [2.75, 3.05) is 19.0 Å². The molecule has 2 heteroatoms. The maximum Gasteiger partial charge on any atom is 0.0414 e. The van der Waals surface area contributed by atoms with E-state index in [-0.39, 0.29) is 0 Å². The predicted octanol–water partition coefficient (Wildman–Crippen LogP) is 4.97. The Morgan fingerprint density at radius 2 is 1.12 bits per heavy atom. The standard InChI is InChI=1S/C7H17NS.C7H16/c1-3-5-8(7-9)6-4-2;1-3-5-7-6-4-2/h9H,3-7H2,1-2H3;3-7H2,1-2H3. The van der Waals surface area contributed by atoms with Crippen molar-refractivity contribution in [3.63, 3.8) is 0 Å². The monoisotopic (exact) mass is 247 g/mol. The summed E-state index contributed by atoms with van der Waals surface area (Å²) in [4.78, 5) is 2.35. The first kappa shape index (κ1) is 18.7. The van der Waals surface area contributed by atoms with Crippen molar-refractivity contribution >= 4 is 12.6 Å². The first-order valence-electron chi connectivity index (χ1n) is 7.09. The van der Waals surface area contributed by atoms with Crippen LogP contribution in [0.1, 0.15) is 72.6 Å². The van der Waals surface area contributed by atoms with Crippen LogP contribution >= 0.6 is 12.6 Å². The molecule has 0 radical (unpaired) electrons. The molecule has 0 unspecified atom stereocenters. The van der Waals surface area contributed by atoms with Crippen LogP contribution in [0.4, 0.5) is 0 Å². The lowest BCUT2D eigenvalue weighted by Crippen LogP contribution is -2.23. The predicted molar refractivity (Wildman–Crippen MR) is 80.4 cm³/mol. The van der Waals surface area contributed by atoms with Gasteiger partial charge < -0.3 is 0 Å². The van der Waals surface area contributed by atoms with Crippen LogP contribution in [0, 0.1) is 0 Å². The van der Waals surface area contributed by atoms with Gasteiger partial charge in [-0.15, -0.1) is 0 Å². The summed E-state index contributed by atoms with van der Waals surface area (Å²) in [6, 6.07) is 0. The van der Waals surface area contributed by atoms with Gasteiger partial charge in [0.25, 0.3) is 0 Å². The van der Waals surface area contributed by atoms with Crippen LogP contribution in [0.3, 0.4) is 0 Å². The van der Waals surface area contributed by atoms with Gasteiger partial charge in [-0.1, -0.05) is 59.8 Å². The fraction of sp³-hybridized carbons (Fsp3) is 1.00. The summed E-state index contributed by atoms with van der Waals surface area (Å²) in [5.41, 5.74) is 0. The third kappa shape index (κ3) is 16.7. The molecule has 0 aromatic rings. The molecule has 0 aliphatic heterocycles. The first-order valence-corrected chi connectivity index (χ1v) is 7.73. The molecule has 0 aromatic carbocycles. The summed E-state index contributed by atoms with van der Waals surface area (Å²) in [5, 5.41) is 0. The number of thiol groups is 1. The molecule has 0 fully saturated rings. The van der Waals surface area contributed by atoms with E-state index in [9.17, 15) is 0 Å². The molecule has 0 aliphatic rings. The van der Waals surface area contributed by atoms with Crippen LogP contribution in [0.25, 0.3) is 0 Å². The highest BCUT2D eigenvalue weighted by Gasteiger charge is 1.96. The van der Waals surface area contributed by atoms with Crippen molar-refractivity contribution in [1.82, 2.24) is 4.90 Å². The zero-order valence-electron chi connectivity index (χ0n) is 12.0. The number of unbranched alkanes of at least 4 members (excludes halogenated alkanes) is 4. The van der Waals surface area contributed by atoms with E-state index in [1.165, 1.54) is 58.0 Å². The largest absolute Gasteiger partial charge is 0.294 e. The summed E-state index contributed by atoms with van der Waals surface area (Å²) in [7, 11) is 0. The summed E-state index contributed by atoms with van der Waals surface area (Å²) in [5.74, 6) is 0.904. The quantitative estimate of drug-likeness (QED) is 0.342. The minimum Gasteiger partial charge on any atom is -0.294 e. The van der Waals surface area contributed by atoms with Gasteiger partial charge in [0.05, 0.1) is 0 Å². The zero-order chi connectivity index (χ0) is 12.6. The van der Waals surface area contributed by atoms with Gasteiger partial charge in [0.1, 0.15) is 0 Å². The molecule has 0 amide bonds. The molecule has 0 saturated heterocycles. The lowest BCUT2D eigenvalue weighted by atomic mass is 10.2. The van der Waals surface area contributed by atoms with Crippen LogP contribution < -0.4 is 0 Å². The molecule has 0 aromatic heterocycles. The van der Waals surface area contributed by atoms with Crippen LogP contribution in [0.5, 0.6) is 0 Å². The summed E-state index contributed by atoms with van der Waals surface area (Å²) in [6.45, 7) is 11.3. The molecule has 0 saturated carbocycles.